The van der Waals surface area contributed by atoms with E-state index in [1.54, 1.807) is 31.3 Å². The summed E-state index contributed by atoms with van der Waals surface area (Å²) in [6, 6.07) is 11.1. The van der Waals surface area contributed by atoms with E-state index in [0.29, 0.717) is 10.9 Å². The fraction of sp³-hybridized carbons (Fsp3) is 0.368. The third-order valence-corrected chi connectivity index (χ3v) is 6.58. The van der Waals surface area contributed by atoms with Gasteiger partial charge in [-0.15, -0.1) is 0 Å². The summed E-state index contributed by atoms with van der Waals surface area (Å²) in [6.45, 7) is 1.95. The Morgan fingerprint density at radius 1 is 1.15 bits per heavy atom. The first kappa shape index (κ1) is 17.2. The van der Waals surface area contributed by atoms with Gasteiger partial charge in [0.05, 0.1) is 11.4 Å². The topological polar surface area (TPSA) is 76.9 Å². The summed E-state index contributed by atoms with van der Waals surface area (Å²) in [6.07, 6.45) is 6.30. The standard InChI is InChI=1S/C19H22N4O2S/c1-14-7-2-5-11-17(14)26(24,25)21-13-18-22-16-10-6-12-20-19(16)23(18)15-8-3-4-9-15/h2,5-7,10-12,15,21H,3-4,8-9,13H2,1H3. The summed E-state index contributed by atoms with van der Waals surface area (Å²) in [5.41, 5.74) is 2.37. The molecule has 0 amide bonds. The fourth-order valence-electron chi connectivity index (χ4n) is 3.74. The molecule has 0 spiro atoms. The largest absolute Gasteiger partial charge is 0.308 e. The molecular formula is C19H22N4O2S. The van der Waals surface area contributed by atoms with Gasteiger partial charge in [-0.1, -0.05) is 31.0 Å². The summed E-state index contributed by atoms with van der Waals surface area (Å²) in [5.74, 6) is 0.725. The highest BCUT2D eigenvalue weighted by Crippen LogP contribution is 2.33. The lowest BCUT2D eigenvalue weighted by molar-refractivity contribution is 0.502. The van der Waals surface area contributed by atoms with Crippen molar-refractivity contribution in [1.29, 1.82) is 0 Å². The van der Waals surface area contributed by atoms with Crippen molar-refractivity contribution < 1.29 is 8.42 Å². The Hall–Kier alpha value is -2.25. The Morgan fingerprint density at radius 2 is 1.92 bits per heavy atom. The van der Waals surface area contributed by atoms with Gasteiger partial charge >= 0.3 is 0 Å². The van der Waals surface area contributed by atoms with Crippen molar-refractivity contribution in [2.75, 3.05) is 0 Å². The fourth-order valence-corrected chi connectivity index (χ4v) is 4.97. The molecular weight excluding hydrogens is 348 g/mol. The molecule has 2 heterocycles. The van der Waals surface area contributed by atoms with Crippen LogP contribution in [0.4, 0.5) is 0 Å². The summed E-state index contributed by atoms with van der Waals surface area (Å²) >= 11 is 0. The van der Waals surface area contributed by atoms with E-state index in [2.05, 4.69) is 19.3 Å². The molecule has 1 aliphatic carbocycles. The quantitative estimate of drug-likeness (QED) is 0.747. The van der Waals surface area contributed by atoms with Gasteiger partial charge in [-0.05, 0) is 43.5 Å². The highest BCUT2D eigenvalue weighted by atomic mass is 32.2. The van der Waals surface area contributed by atoms with Crippen LogP contribution in [0.3, 0.4) is 0 Å². The molecule has 0 aliphatic heterocycles. The van der Waals surface area contributed by atoms with Crippen LogP contribution in [-0.2, 0) is 16.6 Å². The first-order valence-electron chi connectivity index (χ1n) is 8.93. The number of rotatable bonds is 5. The van der Waals surface area contributed by atoms with Crippen LogP contribution in [-0.4, -0.2) is 23.0 Å². The number of nitrogens with zero attached hydrogens (tertiary/aromatic N) is 3. The van der Waals surface area contributed by atoms with Gasteiger partial charge in [0, 0.05) is 12.2 Å². The molecule has 6 nitrogen and oxygen atoms in total. The van der Waals surface area contributed by atoms with Crippen LogP contribution < -0.4 is 4.72 Å². The zero-order valence-electron chi connectivity index (χ0n) is 14.7. The van der Waals surface area contributed by atoms with Crippen molar-refractivity contribution in [3.8, 4) is 0 Å². The Morgan fingerprint density at radius 3 is 2.69 bits per heavy atom. The maximum atomic E-state index is 12.7. The van der Waals surface area contributed by atoms with Crippen molar-refractivity contribution in [3.05, 3.63) is 54.0 Å². The monoisotopic (exact) mass is 370 g/mol. The minimum atomic E-state index is -3.59. The van der Waals surface area contributed by atoms with Gasteiger partial charge in [0.2, 0.25) is 10.0 Å². The molecule has 1 aromatic carbocycles. The number of hydrogen-bond acceptors (Lipinski definition) is 4. The number of aromatic nitrogens is 3. The molecule has 1 N–H and O–H groups in total. The number of fused-ring (bicyclic) bond motifs is 1. The molecule has 26 heavy (non-hydrogen) atoms. The van der Waals surface area contributed by atoms with Gasteiger partial charge in [0.1, 0.15) is 11.3 Å². The molecule has 0 saturated heterocycles. The highest BCUT2D eigenvalue weighted by molar-refractivity contribution is 7.89. The zero-order chi connectivity index (χ0) is 18.1. The van der Waals surface area contributed by atoms with Gasteiger partial charge in [0.25, 0.3) is 0 Å². The van der Waals surface area contributed by atoms with E-state index >= 15 is 0 Å². The third-order valence-electron chi connectivity index (χ3n) is 5.02. The lowest BCUT2D eigenvalue weighted by Gasteiger charge is -2.16. The van der Waals surface area contributed by atoms with Crippen LogP contribution >= 0.6 is 0 Å². The summed E-state index contributed by atoms with van der Waals surface area (Å²) in [5, 5.41) is 0. The van der Waals surface area contributed by atoms with Gasteiger partial charge in [0.15, 0.2) is 5.65 Å². The predicted octanol–water partition coefficient (Wildman–Crippen LogP) is 3.33. The van der Waals surface area contributed by atoms with Gasteiger partial charge in [-0.3, -0.25) is 0 Å². The second kappa shape index (κ2) is 6.81. The van der Waals surface area contributed by atoms with E-state index in [0.717, 1.165) is 35.4 Å². The van der Waals surface area contributed by atoms with Crippen molar-refractivity contribution >= 4 is 21.2 Å². The molecule has 0 bridgehead atoms. The van der Waals surface area contributed by atoms with E-state index < -0.39 is 10.0 Å². The molecule has 0 atom stereocenters. The molecule has 0 radical (unpaired) electrons. The molecule has 4 rings (SSSR count). The van der Waals surface area contributed by atoms with E-state index in [4.69, 9.17) is 0 Å². The maximum Gasteiger partial charge on any atom is 0.241 e. The Labute approximate surface area is 153 Å². The summed E-state index contributed by atoms with van der Waals surface area (Å²) in [4.78, 5) is 9.44. The number of aryl methyl sites for hydroxylation is 1. The van der Waals surface area contributed by atoms with Crippen LogP contribution in [0.15, 0.2) is 47.5 Å². The SMILES string of the molecule is Cc1ccccc1S(=O)(=O)NCc1nc2cccnc2n1C1CCCC1. The maximum absolute atomic E-state index is 12.7. The third kappa shape index (κ3) is 3.12. The molecule has 0 unspecified atom stereocenters. The van der Waals surface area contributed by atoms with Gasteiger partial charge in [-0.25, -0.2) is 23.1 Å². The Bertz CT molecular complexity index is 1040. The van der Waals surface area contributed by atoms with Crippen LogP contribution in [0.5, 0.6) is 0 Å². The first-order chi connectivity index (χ1) is 12.6. The molecule has 7 heteroatoms. The lowest BCUT2D eigenvalue weighted by Crippen LogP contribution is -2.26. The molecule has 2 aromatic heterocycles. The number of benzene rings is 1. The lowest BCUT2D eigenvalue weighted by atomic mass is 10.2. The second-order valence-electron chi connectivity index (χ2n) is 6.77. The molecule has 136 valence electrons. The van der Waals surface area contributed by atoms with Gasteiger partial charge in [-0.2, -0.15) is 0 Å². The van der Waals surface area contributed by atoms with Crippen LogP contribution in [0, 0.1) is 6.92 Å². The first-order valence-corrected chi connectivity index (χ1v) is 10.4. The van der Waals surface area contributed by atoms with Crippen molar-refractivity contribution in [3.63, 3.8) is 0 Å². The summed E-state index contributed by atoms with van der Waals surface area (Å²) < 4.78 is 30.3. The number of sulfonamides is 1. The predicted molar refractivity (Wildman–Crippen MR) is 100 cm³/mol. The molecule has 1 aliphatic rings. The van der Waals surface area contributed by atoms with E-state index in [1.807, 2.05) is 18.2 Å². The number of imidazole rings is 1. The van der Waals surface area contributed by atoms with Crippen LogP contribution in [0.25, 0.3) is 11.2 Å². The molecule has 3 aromatic rings. The van der Waals surface area contributed by atoms with Crippen LogP contribution in [0.2, 0.25) is 0 Å². The van der Waals surface area contributed by atoms with Crippen LogP contribution in [0.1, 0.15) is 43.1 Å². The average molecular weight is 370 g/mol. The average Bonchev–Trinajstić information content (AvgIpc) is 3.27. The normalized spacial score (nSPS) is 15.7. The highest BCUT2D eigenvalue weighted by Gasteiger charge is 2.24. The van der Waals surface area contributed by atoms with Gasteiger partial charge < -0.3 is 4.57 Å². The minimum Gasteiger partial charge on any atom is -0.308 e. The minimum absolute atomic E-state index is 0.156. The molecule has 1 fully saturated rings. The Kier molecular flexibility index (Phi) is 4.50. The van der Waals surface area contributed by atoms with Crippen molar-refractivity contribution in [2.24, 2.45) is 0 Å². The zero-order valence-corrected chi connectivity index (χ0v) is 15.5. The van der Waals surface area contributed by atoms with Crippen molar-refractivity contribution in [1.82, 2.24) is 19.3 Å². The number of hydrogen-bond donors (Lipinski definition) is 1. The molecule has 1 saturated carbocycles. The number of nitrogens with one attached hydrogen (secondary N) is 1. The van der Waals surface area contributed by atoms with E-state index in [1.165, 1.54) is 12.8 Å². The second-order valence-corrected chi connectivity index (χ2v) is 8.51. The van der Waals surface area contributed by atoms with E-state index in [-0.39, 0.29) is 6.54 Å². The summed E-state index contributed by atoms with van der Waals surface area (Å²) in [7, 11) is -3.59. The Balaban J connectivity index is 1.67. The van der Waals surface area contributed by atoms with E-state index in [9.17, 15) is 8.42 Å². The smallest absolute Gasteiger partial charge is 0.241 e. The number of pyridine rings is 1. The van der Waals surface area contributed by atoms with Crippen molar-refractivity contribution in [2.45, 2.75) is 50.1 Å².